The third kappa shape index (κ3) is 3.32. The maximum atomic E-state index is 13.8. The normalized spacial score (nSPS) is 41.5. The summed E-state index contributed by atoms with van der Waals surface area (Å²) in [6.07, 6.45) is 7.61. The van der Waals surface area contributed by atoms with E-state index in [-0.39, 0.29) is 46.4 Å². The van der Waals surface area contributed by atoms with Gasteiger partial charge in [-0.1, -0.05) is 56.3 Å². The number of nitrogens with zero attached hydrogens (tertiary/aromatic N) is 1. The quantitative estimate of drug-likeness (QED) is 0.535. The number of para-hydroxylation sites is 1. The van der Waals surface area contributed by atoms with Crippen molar-refractivity contribution in [2.45, 2.75) is 62.5 Å². The number of aliphatic hydroxyl groups is 2. The van der Waals surface area contributed by atoms with Gasteiger partial charge in [-0.05, 0) is 67.7 Å². The number of aliphatic hydroxyl groups excluding tert-OH is 1. The van der Waals surface area contributed by atoms with Crippen LogP contribution in [0.5, 0.6) is 0 Å². The first-order valence-corrected chi connectivity index (χ1v) is 14.7. The molecule has 6 rings (SSSR count). The van der Waals surface area contributed by atoms with Crippen LogP contribution in [0.3, 0.4) is 0 Å². The summed E-state index contributed by atoms with van der Waals surface area (Å²) in [7, 11) is 0. The lowest BCUT2D eigenvalue weighted by Crippen LogP contribution is -2.62. The average Bonchev–Trinajstić information content (AvgIpc) is 3.35. The highest BCUT2D eigenvalue weighted by Crippen LogP contribution is 2.68. The molecule has 0 saturated heterocycles. The summed E-state index contributed by atoms with van der Waals surface area (Å²) in [5.41, 5.74) is -0.485. The number of fused-ring (bicyclic) bond motifs is 6. The molecule has 3 saturated carbocycles. The molecule has 1 aromatic carbocycles. The fourth-order valence-electron chi connectivity index (χ4n) is 8.40. The molecule has 0 amide bonds. The van der Waals surface area contributed by atoms with Gasteiger partial charge in [0.2, 0.25) is 0 Å². The topological polar surface area (TPSA) is 87.5 Å². The molecule has 0 aliphatic heterocycles. The van der Waals surface area contributed by atoms with Crippen molar-refractivity contribution in [2.24, 2.45) is 34.5 Å². The third-order valence-corrected chi connectivity index (χ3v) is 12.3. The summed E-state index contributed by atoms with van der Waals surface area (Å²) >= 11 is 2.98. The Labute approximate surface area is 220 Å². The molecule has 4 aliphatic carbocycles. The number of carbonyl (C=O) groups is 2. The van der Waals surface area contributed by atoms with E-state index in [4.69, 9.17) is 0 Å². The van der Waals surface area contributed by atoms with Crippen LogP contribution in [0.25, 0.3) is 10.2 Å². The number of benzene rings is 1. The number of hydrogen-bond donors (Lipinski definition) is 2. The van der Waals surface area contributed by atoms with Crippen LogP contribution in [0.15, 0.2) is 52.4 Å². The largest absolute Gasteiger partial charge is 0.393 e. The minimum atomic E-state index is -1.48. The molecular weight excluding hydrogens is 490 g/mol. The first-order chi connectivity index (χ1) is 17.1. The highest BCUT2D eigenvalue weighted by atomic mass is 32.2. The van der Waals surface area contributed by atoms with Crippen molar-refractivity contribution < 1.29 is 19.8 Å². The molecule has 0 radical (unpaired) electrons. The molecule has 0 spiro atoms. The number of aromatic nitrogens is 1. The summed E-state index contributed by atoms with van der Waals surface area (Å²) in [4.78, 5) is 30.5. The van der Waals surface area contributed by atoms with Gasteiger partial charge in [-0.2, -0.15) is 0 Å². The van der Waals surface area contributed by atoms with Crippen molar-refractivity contribution in [3.05, 3.63) is 48.1 Å². The Bertz CT molecular complexity index is 1280. The summed E-state index contributed by atoms with van der Waals surface area (Å²) in [6, 6.07) is 7.94. The summed E-state index contributed by atoms with van der Waals surface area (Å²) in [5, 5.41) is 23.8. The molecule has 1 heterocycles. The lowest BCUT2D eigenvalue weighted by Gasteiger charge is -2.59. The Kier molecular flexibility index (Phi) is 5.69. The zero-order chi connectivity index (χ0) is 25.5. The van der Waals surface area contributed by atoms with Gasteiger partial charge < -0.3 is 10.2 Å². The van der Waals surface area contributed by atoms with Crippen LogP contribution in [0, 0.1) is 34.5 Å². The highest BCUT2D eigenvalue weighted by molar-refractivity contribution is 8.01. The van der Waals surface area contributed by atoms with Crippen molar-refractivity contribution in [3.8, 4) is 0 Å². The lowest BCUT2D eigenvalue weighted by atomic mass is 9.46. The Morgan fingerprint density at radius 3 is 2.83 bits per heavy atom. The van der Waals surface area contributed by atoms with Crippen LogP contribution in [-0.4, -0.2) is 44.2 Å². The van der Waals surface area contributed by atoms with Gasteiger partial charge in [0.15, 0.2) is 15.9 Å². The van der Waals surface area contributed by atoms with E-state index >= 15 is 0 Å². The molecule has 7 heteroatoms. The minimum Gasteiger partial charge on any atom is -0.393 e. The summed E-state index contributed by atoms with van der Waals surface area (Å²) in [6.45, 7) is 6.18. The van der Waals surface area contributed by atoms with Gasteiger partial charge in [-0.15, -0.1) is 11.3 Å². The fraction of sp³-hybridized carbons (Fsp3) is 0.552. The molecule has 2 N–H and O–H groups in total. The van der Waals surface area contributed by atoms with Crippen LogP contribution >= 0.6 is 23.1 Å². The number of ketones is 2. The Hall–Kier alpha value is -1.80. The van der Waals surface area contributed by atoms with E-state index in [2.05, 4.69) is 11.9 Å². The number of allylic oxidation sites excluding steroid dienone is 4. The molecular formula is C29H33NO4S2. The Morgan fingerprint density at radius 1 is 1.28 bits per heavy atom. The molecule has 8 atom stereocenters. The van der Waals surface area contributed by atoms with Crippen molar-refractivity contribution in [3.63, 3.8) is 0 Å². The number of thiazole rings is 1. The van der Waals surface area contributed by atoms with Crippen LogP contribution in [0.4, 0.5) is 0 Å². The molecule has 2 aromatic rings. The molecule has 5 unspecified atom stereocenters. The molecule has 36 heavy (non-hydrogen) atoms. The molecule has 1 aromatic heterocycles. The fourth-order valence-corrected chi connectivity index (χ4v) is 10.4. The first kappa shape index (κ1) is 24.5. The van der Waals surface area contributed by atoms with Crippen LogP contribution in [-0.2, 0) is 9.59 Å². The van der Waals surface area contributed by atoms with Crippen molar-refractivity contribution >= 4 is 44.9 Å². The van der Waals surface area contributed by atoms with E-state index in [0.717, 1.165) is 39.4 Å². The third-order valence-electron chi connectivity index (χ3n) is 10.1. The summed E-state index contributed by atoms with van der Waals surface area (Å²) in [5.74, 6) is 0.183. The second kappa shape index (κ2) is 8.35. The van der Waals surface area contributed by atoms with Gasteiger partial charge in [0.05, 0.1) is 22.1 Å². The number of thioether (sulfide) groups is 1. The van der Waals surface area contributed by atoms with Crippen molar-refractivity contribution in [2.75, 3.05) is 5.75 Å². The number of Topliss-reactive ketones (excluding diaryl/α,β-unsaturated/α-hetero) is 1. The Morgan fingerprint density at radius 2 is 2.06 bits per heavy atom. The van der Waals surface area contributed by atoms with E-state index < -0.39 is 17.1 Å². The van der Waals surface area contributed by atoms with Gasteiger partial charge in [-0.3, -0.25) is 9.59 Å². The van der Waals surface area contributed by atoms with Crippen LogP contribution < -0.4 is 0 Å². The van der Waals surface area contributed by atoms with E-state index in [1.165, 1.54) is 11.8 Å². The molecule has 4 aliphatic rings. The zero-order valence-corrected chi connectivity index (χ0v) is 22.6. The maximum Gasteiger partial charge on any atom is 0.178 e. The first-order valence-electron chi connectivity index (χ1n) is 12.9. The van der Waals surface area contributed by atoms with Gasteiger partial charge >= 0.3 is 0 Å². The second-order valence-electron chi connectivity index (χ2n) is 11.8. The monoisotopic (exact) mass is 523 g/mol. The van der Waals surface area contributed by atoms with E-state index in [9.17, 15) is 19.8 Å². The molecule has 0 bridgehead atoms. The van der Waals surface area contributed by atoms with E-state index in [0.29, 0.717) is 6.42 Å². The number of hydrogen-bond acceptors (Lipinski definition) is 7. The predicted molar refractivity (Wildman–Crippen MR) is 143 cm³/mol. The van der Waals surface area contributed by atoms with Crippen molar-refractivity contribution in [1.29, 1.82) is 0 Å². The van der Waals surface area contributed by atoms with E-state index in [1.807, 2.05) is 44.2 Å². The highest BCUT2D eigenvalue weighted by Gasteiger charge is 2.70. The molecule has 3 fully saturated rings. The summed E-state index contributed by atoms with van der Waals surface area (Å²) < 4.78 is 1.92. The van der Waals surface area contributed by atoms with E-state index in [1.54, 1.807) is 23.5 Å². The van der Waals surface area contributed by atoms with Crippen molar-refractivity contribution in [1.82, 2.24) is 4.98 Å². The van der Waals surface area contributed by atoms with Gasteiger partial charge in [0.25, 0.3) is 0 Å². The van der Waals surface area contributed by atoms with Gasteiger partial charge in [-0.25, -0.2) is 4.98 Å². The smallest absolute Gasteiger partial charge is 0.178 e. The number of rotatable bonds is 4. The maximum absolute atomic E-state index is 13.8. The average molecular weight is 524 g/mol. The Balaban J connectivity index is 1.28. The SMILES string of the molecule is C[C@@H]1CC2C3CCC4=CC(=O)C=CC4(C)C3[C@@H](O)CC2(C)[C@@]1(O)C(=O)CSc1nc2ccccc2s1. The number of carbonyl (C=O) groups excluding carboxylic acids is 2. The molecule has 190 valence electrons. The van der Waals surface area contributed by atoms with Gasteiger partial charge in [0, 0.05) is 16.7 Å². The lowest BCUT2D eigenvalue weighted by molar-refractivity contribution is -0.179. The predicted octanol–water partition coefficient (Wildman–Crippen LogP) is 5.21. The molecule has 5 nitrogen and oxygen atoms in total. The minimum absolute atomic E-state index is 0.0123. The van der Waals surface area contributed by atoms with Gasteiger partial charge in [0.1, 0.15) is 5.60 Å². The van der Waals surface area contributed by atoms with Crippen LogP contribution in [0.1, 0.15) is 46.5 Å². The zero-order valence-electron chi connectivity index (χ0n) is 20.9. The standard InChI is InChI=1S/C29H33NO4S2/c1-16-12-20-19-9-8-17-13-18(31)10-11-27(17,2)25(19)22(32)14-28(20,3)29(16,34)24(33)15-35-26-30-21-6-4-5-7-23(21)36-26/h4-7,10-11,13,16,19-20,22,25,32,34H,8-9,12,14-15H2,1-3H3/t16-,19?,20?,22+,25?,27?,28?,29+/m1/s1. The second-order valence-corrected chi connectivity index (χ2v) is 14.0. The van der Waals surface area contributed by atoms with Crippen LogP contribution in [0.2, 0.25) is 0 Å².